The van der Waals surface area contributed by atoms with Gasteiger partial charge in [0, 0.05) is 25.2 Å². The van der Waals surface area contributed by atoms with Gasteiger partial charge in [-0.2, -0.15) is 0 Å². The van der Waals surface area contributed by atoms with Crippen molar-refractivity contribution in [1.82, 2.24) is 10.2 Å². The van der Waals surface area contributed by atoms with E-state index in [0.717, 1.165) is 31.2 Å². The lowest BCUT2D eigenvalue weighted by atomic mass is 10.1. The van der Waals surface area contributed by atoms with Gasteiger partial charge in [-0.1, -0.05) is 12.1 Å². The van der Waals surface area contributed by atoms with Crippen LogP contribution < -0.4 is 5.32 Å². The molecule has 1 unspecified atom stereocenters. The van der Waals surface area contributed by atoms with Crippen LogP contribution in [0.4, 0.5) is 4.39 Å². The van der Waals surface area contributed by atoms with Gasteiger partial charge in [-0.15, -0.1) is 0 Å². The van der Waals surface area contributed by atoms with Crippen LogP contribution in [0.15, 0.2) is 24.3 Å². The second kappa shape index (κ2) is 5.37. The Hall–Kier alpha value is -0.930. The van der Waals surface area contributed by atoms with E-state index in [1.165, 1.54) is 31.7 Å². The Labute approximate surface area is 108 Å². The molecule has 1 aliphatic heterocycles. The number of hydrogen-bond acceptors (Lipinski definition) is 2. The Morgan fingerprint density at radius 1 is 1.28 bits per heavy atom. The van der Waals surface area contributed by atoms with Gasteiger partial charge in [0.2, 0.25) is 0 Å². The molecular weight excluding hydrogens is 227 g/mol. The Bertz CT molecular complexity index is 397. The molecule has 1 N–H and O–H groups in total. The maximum Gasteiger partial charge on any atom is 0.123 e. The molecule has 0 spiro atoms. The summed E-state index contributed by atoms with van der Waals surface area (Å²) in [5.41, 5.74) is 1.10. The van der Waals surface area contributed by atoms with E-state index >= 15 is 0 Å². The number of benzene rings is 1. The molecule has 3 heteroatoms. The molecule has 1 aromatic carbocycles. The second-order valence-electron chi connectivity index (χ2n) is 5.58. The SMILES string of the molecule is Fc1cccc(CN(CC2CCCN2)C2CC2)c1. The van der Waals surface area contributed by atoms with E-state index in [1.54, 1.807) is 6.07 Å². The molecule has 2 aliphatic rings. The van der Waals surface area contributed by atoms with Crippen molar-refractivity contribution in [3.63, 3.8) is 0 Å². The highest BCUT2D eigenvalue weighted by molar-refractivity contribution is 5.16. The molecule has 0 aromatic heterocycles. The summed E-state index contributed by atoms with van der Waals surface area (Å²) in [7, 11) is 0. The van der Waals surface area contributed by atoms with Crippen molar-refractivity contribution in [1.29, 1.82) is 0 Å². The first-order valence-electron chi connectivity index (χ1n) is 7.03. The van der Waals surface area contributed by atoms with Gasteiger partial charge >= 0.3 is 0 Å². The molecule has 2 nitrogen and oxygen atoms in total. The molecular formula is C15H21FN2. The average molecular weight is 248 g/mol. The molecule has 0 radical (unpaired) electrons. The summed E-state index contributed by atoms with van der Waals surface area (Å²) < 4.78 is 13.2. The zero-order valence-electron chi connectivity index (χ0n) is 10.7. The monoisotopic (exact) mass is 248 g/mol. The predicted octanol–water partition coefficient (Wildman–Crippen LogP) is 2.54. The fourth-order valence-electron chi connectivity index (χ4n) is 2.85. The van der Waals surface area contributed by atoms with Crippen molar-refractivity contribution >= 4 is 0 Å². The van der Waals surface area contributed by atoms with Crippen LogP contribution in [-0.2, 0) is 6.54 Å². The summed E-state index contributed by atoms with van der Waals surface area (Å²) in [6, 6.07) is 8.39. The molecule has 18 heavy (non-hydrogen) atoms. The molecule has 1 aromatic rings. The van der Waals surface area contributed by atoms with E-state index < -0.39 is 0 Å². The number of nitrogens with zero attached hydrogens (tertiary/aromatic N) is 1. The number of rotatable bonds is 5. The predicted molar refractivity (Wildman–Crippen MR) is 70.9 cm³/mol. The van der Waals surface area contributed by atoms with Crippen molar-refractivity contribution in [2.24, 2.45) is 0 Å². The molecule has 1 saturated heterocycles. The fourth-order valence-corrected chi connectivity index (χ4v) is 2.85. The van der Waals surface area contributed by atoms with Crippen LogP contribution in [0, 0.1) is 5.82 Å². The Morgan fingerprint density at radius 3 is 2.83 bits per heavy atom. The van der Waals surface area contributed by atoms with Crippen molar-refractivity contribution in [3.05, 3.63) is 35.6 Å². The lowest BCUT2D eigenvalue weighted by molar-refractivity contribution is 0.231. The molecule has 98 valence electrons. The molecule has 2 fully saturated rings. The summed E-state index contributed by atoms with van der Waals surface area (Å²) in [4.78, 5) is 2.53. The van der Waals surface area contributed by atoms with E-state index in [1.807, 2.05) is 12.1 Å². The average Bonchev–Trinajstić information content (AvgIpc) is 3.08. The highest BCUT2D eigenvalue weighted by Gasteiger charge is 2.31. The number of hydrogen-bond donors (Lipinski definition) is 1. The molecule has 1 saturated carbocycles. The van der Waals surface area contributed by atoms with Crippen molar-refractivity contribution < 1.29 is 4.39 Å². The first-order valence-corrected chi connectivity index (χ1v) is 7.03. The normalized spacial score (nSPS) is 23.8. The summed E-state index contributed by atoms with van der Waals surface area (Å²) in [5.74, 6) is -0.123. The lowest BCUT2D eigenvalue weighted by Gasteiger charge is -2.25. The van der Waals surface area contributed by atoms with Crippen molar-refractivity contribution in [2.45, 2.75) is 44.3 Å². The minimum absolute atomic E-state index is 0.123. The molecule has 0 bridgehead atoms. The first kappa shape index (κ1) is 12.1. The number of nitrogens with one attached hydrogen (secondary N) is 1. The summed E-state index contributed by atoms with van der Waals surface area (Å²) in [6.07, 6.45) is 5.19. The lowest BCUT2D eigenvalue weighted by Crippen LogP contribution is -2.38. The second-order valence-corrected chi connectivity index (χ2v) is 5.58. The molecule has 0 amide bonds. The molecule has 1 heterocycles. The van der Waals surface area contributed by atoms with Crippen LogP contribution in [0.2, 0.25) is 0 Å². The third-order valence-corrected chi connectivity index (χ3v) is 3.96. The number of halogens is 1. The minimum Gasteiger partial charge on any atom is -0.313 e. The van der Waals surface area contributed by atoms with E-state index in [-0.39, 0.29) is 5.82 Å². The van der Waals surface area contributed by atoms with Gasteiger partial charge in [0.05, 0.1) is 0 Å². The zero-order valence-corrected chi connectivity index (χ0v) is 10.7. The molecule has 1 aliphatic carbocycles. The first-order chi connectivity index (χ1) is 8.81. The van der Waals surface area contributed by atoms with Gasteiger partial charge in [0.15, 0.2) is 0 Å². The van der Waals surface area contributed by atoms with Crippen molar-refractivity contribution in [2.75, 3.05) is 13.1 Å². The highest BCUT2D eigenvalue weighted by Crippen LogP contribution is 2.29. The van der Waals surface area contributed by atoms with Gasteiger partial charge in [-0.25, -0.2) is 4.39 Å². The minimum atomic E-state index is -0.123. The van der Waals surface area contributed by atoms with E-state index in [4.69, 9.17) is 0 Å². The van der Waals surface area contributed by atoms with Gasteiger partial charge in [0.25, 0.3) is 0 Å². The molecule has 1 atom stereocenters. The van der Waals surface area contributed by atoms with Crippen LogP contribution in [0.5, 0.6) is 0 Å². The fraction of sp³-hybridized carbons (Fsp3) is 0.600. The summed E-state index contributed by atoms with van der Waals surface area (Å²) >= 11 is 0. The zero-order chi connectivity index (χ0) is 12.4. The topological polar surface area (TPSA) is 15.3 Å². The van der Waals surface area contributed by atoms with Crippen LogP contribution in [0.1, 0.15) is 31.2 Å². The van der Waals surface area contributed by atoms with Gasteiger partial charge in [0.1, 0.15) is 5.82 Å². The van der Waals surface area contributed by atoms with Gasteiger partial charge in [-0.3, -0.25) is 4.90 Å². The van der Waals surface area contributed by atoms with E-state index in [2.05, 4.69) is 10.2 Å². The standard InChI is InChI=1S/C15H21FN2/c16-13-4-1-3-12(9-13)10-18(15-6-7-15)11-14-5-2-8-17-14/h1,3-4,9,14-15,17H,2,5-8,10-11H2. The smallest absolute Gasteiger partial charge is 0.123 e. The van der Waals surface area contributed by atoms with Gasteiger partial charge in [-0.05, 0) is 49.9 Å². The van der Waals surface area contributed by atoms with E-state index in [0.29, 0.717) is 6.04 Å². The Morgan fingerprint density at radius 2 is 2.17 bits per heavy atom. The van der Waals surface area contributed by atoms with Crippen molar-refractivity contribution in [3.8, 4) is 0 Å². The molecule has 3 rings (SSSR count). The maximum atomic E-state index is 13.2. The van der Waals surface area contributed by atoms with Crippen LogP contribution in [0.25, 0.3) is 0 Å². The third kappa shape index (κ3) is 3.09. The third-order valence-electron chi connectivity index (χ3n) is 3.96. The Kier molecular flexibility index (Phi) is 3.62. The summed E-state index contributed by atoms with van der Waals surface area (Å²) in [5, 5.41) is 3.55. The van der Waals surface area contributed by atoms with Crippen LogP contribution in [0.3, 0.4) is 0 Å². The summed E-state index contributed by atoms with van der Waals surface area (Å²) in [6.45, 7) is 3.16. The van der Waals surface area contributed by atoms with Crippen LogP contribution >= 0.6 is 0 Å². The highest BCUT2D eigenvalue weighted by atomic mass is 19.1. The Balaban J connectivity index is 1.62. The maximum absolute atomic E-state index is 13.2. The van der Waals surface area contributed by atoms with E-state index in [9.17, 15) is 4.39 Å². The largest absolute Gasteiger partial charge is 0.313 e. The quantitative estimate of drug-likeness (QED) is 0.861. The van der Waals surface area contributed by atoms with Gasteiger partial charge < -0.3 is 5.32 Å². The van der Waals surface area contributed by atoms with Crippen LogP contribution in [-0.4, -0.2) is 30.1 Å².